The number of nitrogens with zero attached hydrogens (tertiary/aromatic N) is 1. The summed E-state index contributed by atoms with van der Waals surface area (Å²) in [6.07, 6.45) is 1.05. The second kappa shape index (κ2) is 5.58. The number of halogens is 4. The van der Waals surface area contributed by atoms with Gasteiger partial charge in [0.15, 0.2) is 0 Å². The van der Waals surface area contributed by atoms with Gasteiger partial charge in [0.05, 0.1) is 27.7 Å². The van der Waals surface area contributed by atoms with Gasteiger partial charge in [-0.3, -0.25) is 0 Å². The summed E-state index contributed by atoms with van der Waals surface area (Å²) in [7, 11) is 6.54. The molecule has 0 aromatic heterocycles. The van der Waals surface area contributed by atoms with Crippen LogP contribution in [0.5, 0.6) is 0 Å². The Morgan fingerprint density at radius 2 is 1.45 bits per heavy atom. The van der Waals surface area contributed by atoms with Gasteiger partial charge in [0.25, 0.3) is 0 Å². The van der Waals surface area contributed by atoms with Crippen LogP contribution in [0.4, 0.5) is 0 Å². The molecule has 11 heavy (non-hydrogen) atoms. The first-order chi connectivity index (χ1) is 4.21. The molecule has 0 aliphatic rings. The van der Waals surface area contributed by atoms with Gasteiger partial charge >= 0.3 is 0 Å². The number of hydrogen-bond donors (Lipinski definition) is 0. The summed E-state index contributed by atoms with van der Waals surface area (Å²) in [5, 5.41) is 0. The van der Waals surface area contributed by atoms with Crippen LogP contribution in [0.25, 0.3) is 0 Å². The van der Waals surface area contributed by atoms with Crippen molar-refractivity contribution in [3.63, 3.8) is 0 Å². The third-order valence-corrected chi connectivity index (χ3v) is 2.26. The van der Waals surface area contributed by atoms with Gasteiger partial charge in [0.2, 0.25) is 0 Å². The summed E-state index contributed by atoms with van der Waals surface area (Å²) < 4.78 is 0.920. The minimum atomic E-state index is -0.0709. The fraction of sp³-hybridized carbons (Fsp3) is 1.00. The first-order valence-electron chi connectivity index (χ1n) is 3.08. The molecule has 0 saturated heterocycles. The van der Waals surface area contributed by atoms with Crippen molar-refractivity contribution in [3.05, 3.63) is 0 Å². The average molecular weight is 419 g/mol. The van der Waals surface area contributed by atoms with E-state index in [1.807, 2.05) is 0 Å². The smallest absolute Gasteiger partial charge is 0.140 e. The lowest BCUT2D eigenvalue weighted by atomic mass is 10.4. The topological polar surface area (TPSA) is 0 Å². The molecule has 0 fully saturated rings. The van der Waals surface area contributed by atoms with E-state index in [0.29, 0.717) is 0 Å². The lowest BCUT2D eigenvalue weighted by Gasteiger charge is -2.25. The molecule has 5 heteroatoms. The predicted octanol–water partition coefficient (Wildman–Crippen LogP) is -0.0748. The number of hydrogen-bond acceptors (Lipinski definition) is 0. The molecule has 0 amide bonds. The van der Waals surface area contributed by atoms with E-state index < -0.39 is 0 Å². The second-order valence-electron chi connectivity index (χ2n) is 3.38. The average Bonchev–Trinajstić information content (AvgIpc) is 1.57. The van der Waals surface area contributed by atoms with Gasteiger partial charge in [-0.1, -0.05) is 47.8 Å². The Kier molecular flexibility index (Phi) is 7.79. The monoisotopic (exact) mass is 415 g/mol. The summed E-state index contributed by atoms with van der Waals surface area (Å²) in [6, 6.07) is 0. The zero-order valence-corrected chi connectivity index (χ0v) is 13.2. The Bertz CT molecular complexity index is 88.1. The Morgan fingerprint density at radius 3 is 1.55 bits per heavy atom. The minimum Gasteiger partial charge on any atom is -1.00 e. The van der Waals surface area contributed by atoms with E-state index in [9.17, 15) is 0 Å². The van der Waals surface area contributed by atoms with Crippen LogP contribution in [0.3, 0.4) is 0 Å². The molecule has 0 rings (SSSR count). The fourth-order valence-electron chi connectivity index (χ4n) is 0.462. The maximum Gasteiger partial charge on any atom is 0.140 e. The van der Waals surface area contributed by atoms with Crippen molar-refractivity contribution in [1.29, 1.82) is 0 Å². The van der Waals surface area contributed by atoms with Crippen molar-refractivity contribution in [2.45, 2.75) is 8.56 Å². The van der Waals surface area contributed by atoms with E-state index in [0.717, 1.165) is 17.4 Å². The van der Waals surface area contributed by atoms with Crippen LogP contribution in [-0.4, -0.2) is 34.3 Å². The molecule has 0 atom stereocenters. The Balaban J connectivity index is 0. The van der Waals surface area contributed by atoms with Crippen molar-refractivity contribution >= 4 is 47.8 Å². The highest BCUT2D eigenvalue weighted by Crippen LogP contribution is 2.37. The third-order valence-electron chi connectivity index (χ3n) is 1.07. The Morgan fingerprint density at radius 1 is 1.09 bits per heavy atom. The molecular weight excluding hydrogens is 406 g/mol. The van der Waals surface area contributed by atoms with Crippen molar-refractivity contribution in [3.8, 4) is 0 Å². The van der Waals surface area contributed by atoms with E-state index in [1.54, 1.807) is 0 Å². The molecule has 0 radical (unpaired) electrons. The van der Waals surface area contributed by atoms with Gasteiger partial charge in [0, 0.05) is 6.42 Å². The molecule has 0 aliphatic carbocycles. The lowest BCUT2D eigenvalue weighted by Crippen LogP contribution is -3.00. The molecule has 0 bridgehead atoms. The van der Waals surface area contributed by atoms with E-state index in [1.165, 1.54) is 0 Å². The molecule has 0 aromatic rings. The van der Waals surface area contributed by atoms with Crippen LogP contribution >= 0.6 is 47.8 Å². The molecule has 0 aromatic carbocycles. The van der Waals surface area contributed by atoms with Gasteiger partial charge in [-0.15, -0.1) is 0 Å². The SMILES string of the molecule is C[N+](C)(C)CCC(Br)(Br)Br.[Br-]. The summed E-state index contributed by atoms with van der Waals surface area (Å²) in [6.45, 7) is 1.13. The first-order valence-corrected chi connectivity index (χ1v) is 5.46. The zero-order chi connectivity index (χ0) is 8.41. The lowest BCUT2D eigenvalue weighted by molar-refractivity contribution is -0.870. The maximum atomic E-state index is 3.45. The van der Waals surface area contributed by atoms with Gasteiger partial charge < -0.3 is 21.5 Å². The van der Waals surface area contributed by atoms with E-state index >= 15 is 0 Å². The van der Waals surface area contributed by atoms with Crippen LogP contribution in [-0.2, 0) is 0 Å². The normalized spacial score (nSPS) is 12.5. The van der Waals surface area contributed by atoms with Crippen molar-refractivity contribution in [2.24, 2.45) is 0 Å². The molecule has 0 spiro atoms. The number of alkyl halides is 3. The first kappa shape index (κ1) is 15.4. The molecule has 0 saturated carbocycles. The molecule has 0 unspecified atom stereocenters. The van der Waals surface area contributed by atoms with Gasteiger partial charge in [-0.25, -0.2) is 0 Å². The third kappa shape index (κ3) is 14.7. The molecule has 70 valence electrons. The van der Waals surface area contributed by atoms with Crippen LogP contribution in [0.2, 0.25) is 0 Å². The minimum absolute atomic E-state index is 0. The highest BCUT2D eigenvalue weighted by atomic mass is 80.0. The van der Waals surface area contributed by atoms with Crippen molar-refractivity contribution < 1.29 is 21.5 Å². The van der Waals surface area contributed by atoms with Gasteiger partial charge in [0.1, 0.15) is 2.14 Å². The highest BCUT2D eigenvalue weighted by molar-refractivity contribution is 9.39. The Labute approximate surface area is 105 Å². The Hall–Kier alpha value is 1.88. The second-order valence-corrected chi connectivity index (χ2v) is 10.6. The van der Waals surface area contributed by atoms with E-state index in [-0.39, 0.29) is 19.1 Å². The van der Waals surface area contributed by atoms with Crippen LogP contribution < -0.4 is 17.0 Å². The van der Waals surface area contributed by atoms with Crippen molar-refractivity contribution in [2.75, 3.05) is 27.7 Å². The van der Waals surface area contributed by atoms with Gasteiger partial charge in [-0.2, -0.15) is 0 Å². The number of quaternary nitrogens is 1. The van der Waals surface area contributed by atoms with Gasteiger partial charge in [-0.05, 0) is 0 Å². The molecule has 1 nitrogen and oxygen atoms in total. The summed E-state index contributed by atoms with van der Waals surface area (Å²) >= 11 is 10.4. The van der Waals surface area contributed by atoms with E-state index in [4.69, 9.17) is 0 Å². The fourth-order valence-corrected chi connectivity index (χ4v) is 0.994. The maximum absolute atomic E-state index is 3.45. The van der Waals surface area contributed by atoms with Crippen LogP contribution in [0.1, 0.15) is 6.42 Å². The van der Waals surface area contributed by atoms with Crippen molar-refractivity contribution in [1.82, 2.24) is 0 Å². The standard InChI is InChI=1S/C6H13Br3N.BrH/c1-10(2,3)5-4-6(7,8)9;/h4-5H2,1-3H3;1H/q+1;/p-1. The largest absolute Gasteiger partial charge is 1.00 e. The zero-order valence-electron chi connectivity index (χ0n) is 6.87. The molecular formula is C6H13Br4N. The van der Waals surface area contributed by atoms with Crippen LogP contribution in [0.15, 0.2) is 0 Å². The number of rotatable bonds is 2. The quantitative estimate of drug-likeness (QED) is 0.435. The molecule has 0 N–H and O–H groups in total. The van der Waals surface area contributed by atoms with E-state index in [2.05, 4.69) is 68.9 Å². The highest BCUT2D eigenvalue weighted by Gasteiger charge is 2.21. The van der Waals surface area contributed by atoms with Crippen LogP contribution in [0, 0.1) is 0 Å². The molecule has 0 aliphatic heterocycles. The summed E-state index contributed by atoms with van der Waals surface area (Å²) in [5.74, 6) is 0. The summed E-state index contributed by atoms with van der Waals surface area (Å²) in [5.41, 5.74) is 0. The molecule has 0 heterocycles. The predicted molar refractivity (Wildman–Crippen MR) is 57.0 cm³/mol. The summed E-state index contributed by atoms with van der Waals surface area (Å²) in [4.78, 5) is 0.